The Morgan fingerprint density at radius 2 is 1.92 bits per heavy atom. The van der Waals surface area contributed by atoms with Crippen LogP contribution in [0.4, 0.5) is 10.1 Å². The first kappa shape index (κ1) is 19.7. The number of nitrogens with one attached hydrogen (secondary N) is 1. The number of sulfonamides is 1. The minimum atomic E-state index is -3.61. The summed E-state index contributed by atoms with van der Waals surface area (Å²) < 4.78 is 44.5. The molecule has 0 bridgehead atoms. The summed E-state index contributed by atoms with van der Waals surface area (Å²) in [5, 5.41) is 2.54. The van der Waals surface area contributed by atoms with Crippen molar-refractivity contribution in [3.63, 3.8) is 0 Å². The number of hydrogen-bond donors (Lipinski definition) is 1. The lowest BCUT2D eigenvalue weighted by molar-refractivity contribution is 0.0951. The van der Waals surface area contributed by atoms with Crippen molar-refractivity contribution in [1.82, 2.24) is 5.32 Å². The fourth-order valence-electron chi connectivity index (χ4n) is 2.47. The second-order valence-corrected chi connectivity index (χ2v) is 7.65. The van der Waals surface area contributed by atoms with Gasteiger partial charge in [-0.15, -0.1) is 0 Å². The zero-order valence-electron chi connectivity index (χ0n) is 14.8. The van der Waals surface area contributed by atoms with Gasteiger partial charge in [0.15, 0.2) is 0 Å². The number of benzene rings is 2. The van der Waals surface area contributed by atoms with Gasteiger partial charge in [-0.1, -0.05) is 18.2 Å². The first-order valence-electron chi connectivity index (χ1n) is 7.89. The fraction of sp³-hybridized carbons (Fsp3) is 0.278. The molecule has 2 aromatic rings. The standard InChI is InChI=1S/C18H21FN2O4S/c1-13-8-9-17(25-2)16(12-13)21(26(3,23)24)11-10-20-18(22)14-6-4-5-7-15(14)19/h4-9,12H,10-11H2,1-3H3,(H,20,22). The topological polar surface area (TPSA) is 75.7 Å². The Morgan fingerprint density at radius 1 is 1.23 bits per heavy atom. The van der Waals surface area contributed by atoms with Crippen molar-refractivity contribution in [1.29, 1.82) is 0 Å². The molecule has 26 heavy (non-hydrogen) atoms. The number of rotatable bonds is 7. The van der Waals surface area contributed by atoms with Crippen molar-refractivity contribution >= 4 is 21.6 Å². The van der Waals surface area contributed by atoms with E-state index in [2.05, 4.69) is 5.32 Å². The molecule has 2 aromatic carbocycles. The molecule has 0 heterocycles. The Bertz CT molecular complexity index is 900. The third-order valence-electron chi connectivity index (χ3n) is 3.72. The number of nitrogens with zero attached hydrogens (tertiary/aromatic N) is 1. The largest absolute Gasteiger partial charge is 0.495 e. The summed E-state index contributed by atoms with van der Waals surface area (Å²) in [6.45, 7) is 1.83. The lowest BCUT2D eigenvalue weighted by atomic mass is 10.2. The molecule has 0 saturated heterocycles. The van der Waals surface area contributed by atoms with Crippen LogP contribution in [-0.2, 0) is 10.0 Å². The number of hydrogen-bond acceptors (Lipinski definition) is 4. The van der Waals surface area contributed by atoms with Gasteiger partial charge in [0.2, 0.25) is 10.0 Å². The maximum absolute atomic E-state index is 13.6. The number of ether oxygens (including phenoxy) is 1. The SMILES string of the molecule is COc1ccc(C)cc1N(CCNC(=O)c1ccccc1F)S(C)(=O)=O. The summed E-state index contributed by atoms with van der Waals surface area (Å²) >= 11 is 0. The Hall–Kier alpha value is -2.61. The fourth-order valence-corrected chi connectivity index (χ4v) is 3.39. The first-order chi connectivity index (χ1) is 12.2. The van der Waals surface area contributed by atoms with E-state index < -0.39 is 21.7 Å². The maximum atomic E-state index is 13.6. The minimum absolute atomic E-state index is 0.0112. The molecule has 2 rings (SSSR count). The van der Waals surface area contributed by atoms with Gasteiger partial charge in [-0.25, -0.2) is 12.8 Å². The van der Waals surface area contributed by atoms with Crippen LogP contribution in [0.25, 0.3) is 0 Å². The molecule has 0 aliphatic rings. The van der Waals surface area contributed by atoms with E-state index in [4.69, 9.17) is 4.74 Å². The lowest BCUT2D eigenvalue weighted by Crippen LogP contribution is -2.38. The molecular weight excluding hydrogens is 359 g/mol. The third kappa shape index (κ3) is 4.72. The van der Waals surface area contributed by atoms with Crippen LogP contribution < -0.4 is 14.4 Å². The van der Waals surface area contributed by atoms with E-state index in [0.717, 1.165) is 16.1 Å². The summed E-state index contributed by atoms with van der Waals surface area (Å²) in [6, 6.07) is 10.8. The monoisotopic (exact) mass is 380 g/mol. The number of anilines is 1. The Kier molecular flexibility index (Phi) is 6.20. The summed E-state index contributed by atoms with van der Waals surface area (Å²) in [6.07, 6.45) is 1.08. The van der Waals surface area contributed by atoms with Crippen LogP contribution in [0.2, 0.25) is 0 Å². The third-order valence-corrected chi connectivity index (χ3v) is 4.90. The van der Waals surface area contributed by atoms with Gasteiger partial charge < -0.3 is 10.1 Å². The second-order valence-electron chi connectivity index (χ2n) is 5.75. The van der Waals surface area contributed by atoms with E-state index in [9.17, 15) is 17.6 Å². The Morgan fingerprint density at radius 3 is 2.54 bits per heavy atom. The van der Waals surface area contributed by atoms with Gasteiger partial charge >= 0.3 is 0 Å². The van der Waals surface area contributed by atoms with Crippen molar-refractivity contribution in [2.24, 2.45) is 0 Å². The van der Waals surface area contributed by atoms with Crippen LogP contribution in [-0.4, -0.2) is 40.8 Å². The highest BCUT2D eigenvalue weighted by atomic mass is 32.2. The second kappa shape index (κ2) is 8.18. The number of methoxy groups -OCH3 is 1. The average molecular weight is 380 g/mol. The van der Waals surface area contributed by atoms with Crippen LogP contribution in [0.1, 0.15) is 15.9 Å². The van der Waals surface area contributed by atoms with Crippen LogP contribution in [0.3, 0.4) is 0 Å². The zero-order valence-corrected chi connectivity index (χ0v) is 15.6. The van der Waals surface area contributed by atoms with E-state index in [1.54, 1.807) is 18.2 Å². The van der Waals surface area contributed by atoms with Crippen molar-refractivity contribution in [3.8, 4) is 5.75 Å². The highest BCUT2D eigenvalue weighted by molar-refractivity contribution is 7.92. The number of carbonyl (C=O) groups is 1. The van der Waals surface area contributed by atoms with Crippen molar-refractivity contribution < 1.29 is 22.3 Å². The lowest BCUT2D eigenvalue weighted by Gasteiger charge is -2.24. The van der Waals surface area contributed by atoms with Crippen LogP contribution in [0.5, 0.6) is 5.75 Å². The predicted octanol–water partition coefficient (Wildman–Crippen LogP) is 2.34. The molecule has 0 aliphatic carbocycles. The number of amides is 1. The summed E-state index contributed by atoms with van der Waals surface area (Å²) in [7, 11) is -2.16. The molecule has 0 fully saturated rings. The molecule has 0 spiro atoms. The molecule has 0 aromatic heterocycles. The van der Waals surface area contributed by atoms with E-state index in [0.29, 0.717) is 11.4 Å². The smallest absolute Gasteiger partial charge is 0.254 e. The molecule has 0 unspecified atom stereocenters. The van der Waals surface area contributed by atoms with Crippen molar-refractivity contribution in [3.05, 3.63) is 59.4 Å². The highest BCUT2D eigenvalue weighted by Gasteiger charge is 2.21. The van der Waals surface area contributed by atoms with E-state index in [1.165, 1.54) is 25.3 Å². The van der Waals surface area contributed by atoms with Crippen molar-refractivity contribution in [2.75, 3.05) is 30.8 Å². The summed E-state index contributed by atoms with van der Waals surface area (Å²) in [5.41, 5.74) is 1.16. The summed E-state index contributed by atoms with van der Waals surface area (Å²) in [4.78, 5) is 12.1. The molecule has 8 heteroatoms. The molecule has 1 amide bonds. The molecular formula is C18H21FN2O4S. The van der Waals surface area contributed by atoms with E-state index >= 15 is 0 Å². The molecule has 0 saturated carbocycles. The average Bonchev–Trinajstić information content (AvgIpc) is 2.57. The van der Waals surface area contributed by atoms with Crippen LogP contribution >= 0.6 is 0 Å². The molecule has 6 nitrogen and oxygen atoms in total. The van der Waals surface area contributed by atoms with E-state index in [-0.39, 0.29) is 18.7 Å². The van der Waals surface area contributed by atoms with E-state index in [1.807, 2.05) is 13.0 Å². The molecule has 0 aliphatic heterocycles. The normalized spacial score (nSPS) is 11.1. The predicted molar refractivity (Wildman–Crippen MR) is 98.7 cm³/mol. The highest BCUT2D eigenvalue weighted by Crippen LogP contribution is 2.30. The maximum Gasteiger partial charge on any atom is 0.254 e. The van der Waals surface area contributed by atoms with Gasteiger partial charge in [-0.2, -0.15) is 0 Å². The van der Waals surface area contributed by atoms with Gasteiger partial charge in [0.25, 0.3) is 5.91 Å². The molecule has 0 radical (unpaired) electrons. The Balaban J connectivity index is 2.17. The molecule has 140 valence electrons. The number of aryl methyl sites for hydroxylation is 1. The Labute approximate surface area is 152 Å². The minimum Gasteiger partial charge on any atom is -0.495 e. The van der Waals surface area contributed by atoms with Gasteiger partial charge in [0.05, 0.1) is 31.2 Å². The summed E-state index contributed by atoms with van der Waals surface area (Å²) in [5.74, 6) is -0.834. The quantitative estimate of drug-likeness (QED) is 0.800. The molecule has 1 N–H and O–H groups in total. The van der Waals surface area contributed by atoms with Gasteiger partial charge in [0.1, 0.15) is 11.6 Å². The van der Waals surface area contributed by atoms with Crippen LogP contribution in [0.15, 0.2) is 42.5 Å². The van der Waals surface area contributed by atoms with Gasteiger partial charge in [-0.05, 0) is 36.8 Å². The zero-order chi connectivity index (χ0) is 19.3. The number of carbonyl (C=O) groups excluding carboxylic acids is 1. The van der Waals surface area contributed by atoms with Crippen molar-refractivity contribution in [2.45, 2.75) is 6.92 Å². The molecule has 0 atom stereocenters. The number of halogens is 1. The van der Waals surface area contributed by atoms with Crippen LogP contribution in [0, 0.1) is 12.7 Å². The first-order valence-corrected chi connectivity index (χ1v) is 9.74. The van der Waals surface area contributed by atoms with Gasteiger partial charge in [-0.3, -0.25) is 9.10 Å². The van der Waals surface area contributed by atoms with Gasteiger partial charge in [0, 0.05) is 6.54 Å².